The molecule has 0 bridgehead atoms. The van der Waals surface area contributed by atoms with Gasteiger partial charge in [-0.25, -0.2) is 4.39 Å². The second-order valence-electron chi connectivity index (χ2n) is 4.93. The summed E-state index contributed by atoms with van der Waals surface area (Å²) in [6, 6.07) is 10.3. The Bertz CT molecular complexity index is 634. The Morgan fingerprint density at radius 2 is 2.05 bits per heavy atom. The summed E-state index contributed by atoms with van der Waals surface area (Å²) < 4.78 is 20.4. The first-order valence-electron chi connectivity index (χ1n) is 6.57. The van der Waals surface area contributed by atoms with Crippen LogP contribution in [0.1, 0.15) is 18.1 Å². The van der Waals surface area contributed by atoms with Crippen LogP contribution in [-0.2, 0) is 13.0 Å². The molecule has 0 amide bonds. The predicted octanol–water partition coefficient (Wildman–Crippen LogP) is 4.71. The highest BCUT2D eigenvalue weighted by atomic mass is 79.9. The molecule has 0 aliphatic carbocycles. The number of hydrogen-bond donors (Lipinski definition) is 1. The van der Waals surface area contributed by atoms with E-state index in [9.17, 15) is 4.39 Å². The van der Waals surface area contributed by atoms with Crippen LogP contribution in [0.3, 0.4) is 0 Å². The fraction of sp³-hybridized carbons (Fsp3) is 0.250. The van der Waals surface area contributed by atoms with E-state index in [4.69, 9.17) is 22.1 Å². The monoisotopic (exact) mass is 371 g/mol. The molecular weight excluding hydrogens is 357 g/mol. The van der Waals surface area contributed by atoms with Crippen LogP contribution in [-0.4, -0.2) is 6.04 Å². The highest BCUT2D eigenvalue weighted by molar-refractivity contribution is 9.10. The van der Waals surface area contributed by atoms with Crippen molar-refractivity contribution in [2.45, 2.75) is 26.0 Å². The van der Waals surface area contributed by atoms with Crippen molar-refractivity contribution in [2.75, 3.05) is 0 Å². The maximum absolute atomic E-state index is 13.8. The second-order valence-corrected chi connectivity index (χ2v) is 6.22. The number of hydrogen-bond acceptors (Lipinski definition) is 2. The van der Waals surface area contributed by atoms with Gasteiger partial charge < -0.3 is 10.5 Å². The fourth-order valence-corrected chi connectivity index (χ4v) is 2.69. The maximum Gasteiger partial charge on any atom is 0.137 e. The largest absolute Gasteiger partial charge is 0.487 e. The van der Waals surface area contributed by atoms with Crippen molar-refractivity contribution in [3.05, 3.63) is 62.8 Å². The third-order valence-electron chi connectivity index (χ3n) is 2.98. The zero-order chi connectivity index (χ0) is 15.4. The van der Waals surface area contributed by atoms with Crippen molar-refractivity contribution in [3.63, 3.8) is 0 Å². The third kappa shape index (κ3) is 4.43. The van der Waals surface area contributed by atoms with Crippen LogP contribution in [0, 0.1) is 5.82 Å². The van der Waals surface area contributed by atoms with Crippen LogP contribution < -0.4 is 10.5 Å². The van der Waals surface area contributed by atoms with Crippen LogP contribution >= 0.6 is 27.5 Å². The molecule has 0 spiro atoms. The zero-order valence-corrected chi connectivity index (χ0v) is 13.9. The molecule has 21 heavy (non-hydrogen) atoms. The SMILES string of the molecule is CC(N)Cc1cccc(Br)c1OCc1ccc(Cl)cc1F. The molecule has 2 N–H and O–H groups in total. The lowest BCUT2D eigenvalue weighted by molar-refractivity contribution is 0.294. The lowest BCUT2D eigenvalue weighted by Gasteiger charge is -2.15. The van der Waals surface area contributed by atoms with Gasteiger partial charge in [0.25, 0.3) is 0 Å². The minimum Gasteiger partial charge on any atom is -0.487 e. The molecule has 112 valence electrons. The van der Waals surface area contributed by atoms with Gasteiger partial charge in [-0.1, -0.05) is 29.8 Å². The molecule has 0 radical (unpaired) electrons. The molecule has 2 rings (SSSR count). The molecular formula is C16H16BrClFNO. The van der Waals surface area contributed by atoms with E-state index in [1.54, 1.807) is 12.1 Å². The van der Waals surface area contributed by atoms with Crippen molar-refractivity contribution < 1.29 is 9.13 Å². The van der Waals surface area contributed by atoms with Crippen molar-refractivity contribution in [2.24, 2.45) is 5.73 Å². The molecule has 1 unspecified atom stereocenters. The Balaban J connectivity index is 2.19. The summed E-state index contributed by atoms with van der Waals surface area (Å²) in [7, 11) is 0. The van der Waals surface area contributed by atoms with Gasteiger partial charge in [-0.05, 0) is 53.0 Å². The van der Waals surface area contributed by atoms with Crippen LogP contribution in [0.25, 0.3) is 0 Å². The second kappa shape index (κ2) is 7.25. The average molecular weight is 373 g/mol. The molecule has 5 heteroatoms. The number of nitrogens with two attached hydrogens (primary N) is 1. The Hall–Kier alpha value is -1.10. The first-order valence-corrected chi connectivity index (χ1v) is 7.74. The lowest BCUT2D eigenvalue weighted by Crippen LogP contribution is -2.18. The number of rotatable bonds is 5. The molecule has 2 nitrogen and oxygen atoms in total. The van der Waals surface area contributed by atoms with Crippen molar-refractivity contribution >= 4 is 27.5 Å². The molecule has 0 aromatic heterocycles. The van der Waals surface area contributed by atoms with Gasteiger partial charge in [-0.3, -0.25) is 0 Å². The highest BCUT2D eigenvalue weighted by Gasteiger charge is 2.11. The number of para-hydroxylation sites is 1. The topological polar surface area (TPSA) is 35.2 Å². The van der Waals surface area contributed by atoms with Gasteiger partial charge in [0.2, 0.25) is 0 Å². The molecule has 1 atom stereocenters. The Labute approximate surface area is 137 Å². The van der Waals surface area contributed by atoms with Crippen LogP contribution in [0.5, 0.6) is 5.75 Å². The molecule has 0 aliphatic heterocycles. The third-order valence-corrected chi connectivity index (χ3v) is 3.84. The minimum absolute atomic E-state index is 0.0221. The van der Waals surface area contributed by atoms with Crippen LogP contribution in [0.4, 0.5) is 4.39 Å². The van der Waals surface area contributed by atoms with E-state index in [0.29, 0.717) is 22.8 Å². The quantitative estimate of drug-likeness (QED) is 0.825. The van der Waals surface area contributed by atoms with Crippen LogP contribution in [0.15, 0.2) is 40.9 Å². The van der Waals surface area contributed by atoms with E-state index >= 15 is 0 Å². The summed E-state index contributed by atoms with van der Waals surface area (Å²) in [5.74, 6) is 0.326. The van der Waals surface area contributed by atoms with E-state index in [1.807, 2.05) is 25.1 Å². The number of benzene rings is 2. The average Bonchev–Trinajstić information content (AvgIpc) is 2.39. The standard InChI is InChI=1S/C16H16BrClFNO/c1-10(20)7-11-3-2-4-14(17)16(11)21-9-12-5-6-13(18)8-15(12)19/h2-6,8,10H,7,9,20H2,1H3. The van der Waals surface area contributed by atoms with Gasteiger partial charge in [-0.15, -0.1) is 0 Å². The summed E-state index contributed by atoms with van der Waals surface area (Å²) >= 11 is 9.20. The van der Waals surface area contributed by atoms with E-state index in [0.717, 1.165) is 10.0 Å². The Kier molecular flexibility index (Phi) is 5.62. The first kappa shape index (κ1) is 16.3. The molecule has 0 heterocycles. The van der Waals surface area contributed by atoms with E-state index < -0.39 is 0 Å². The first-order chi connectivity index (χ1) is 9.97. The molecule has 2 aromatic carbocycles. The van der Waals surface area contributed by atoms with E-state index in [2.05, 4.69) is 15.9 Å². The summed E-state index contributed by atoms with van der Waals surface area (Å²) in [6.45, 7) is 2.07. The predicted molar refractivity (Wildman–Crippen MR) is 87.2 cm³/mol. The summed E-state index contributed by atoms with van der Waals surface area (Å²) in [5.41, 5.74) is 7.30. The molecule has 0 aliphatic rings. The van der Waals surface area contributed by atoms with Crippen molar-refractivity contribution in [1.29, 1.82) is 0 Å². The van der Waals surface area contributed by atoms with E-state index in [-0.39, 0.29) is 18.5 Å². The maximum atomic E-state index is 13.8. The summed E-state index contributed by atoms with van der Waals surface area (Å²) in [4.78, 5) is 0. The molecule has 0 fully saturated rings. The van der Waals surface area contributed by atoms with Gasteiger partial charge >= 0.3 is 0 Å². The zero-order valence-electron chi connectivity index (χ0n) is 11.6. The van der Waals surface area contributed by atoms with Gasteiger partial charge in [-0.2, -0.15) is 0 Å². The van der Waals surface area contributed by atoms with Gasteiger partial charge in [0.1, 0.15) is 18.2 Å². The van der Waals surface area contributed by atoms with Gasteiger partial charge in [0.05, 0.1) is 4.47 Å². The smallest absolute Gasteiger partial charge is 0.137 e. The summed E-state index contributed by atoms with van der Waals surface area (Å²) in [5, 5.41) is 0.370. The molecule has 0 saturated heterocycles. The van der Waals surface area contributed by atoms with Crippen LogP contribution in [0.2, 0.25) is 5.02 Å². The van der Waals surface area contributed by atoms with Crippen molar-refractivity contribution in [3.8, 4) is 5.75 Å². The lowest BCUT2D eigenvalue weighted by atomic mass is 10.1. The highest BCUT2D eigenvalue weighted by Crippen LogP contribution is 2.31. The molecule has 0 saturated carbocycles. The Morgan fingerprint density at radius 3 is 2.71 bits per heavy atom. The molecule has 2 aromatic rings. The van der Waals surface area contributed by atoms with E-state index in [1.165, 1.54) is 6.07 Å². The van der Waals surface area contributed by atoms with Crippen molar-refractivity contribution in [1.82, 2.24) is 0 Å². The minimum atomic E-state index is -0.372. The normalized spacial score (nSPS) is 12.2. The van der Waals surface area contributed by atoms with Gasteiger partial charge in [0.15, 0.2) is 0 Å². The fourth-order valence-electron chi connectivity index (χ4n) is 2.01. The Morgan fingerprint density at radius 1 is 1.29 bits per heavy atom. The number of ether oxygens (including phenoxy) is 1. The summed E-state index contributed by atoms with van der Waals surface area (Å²) in [6.07, 6.45) is 0.692. The number of halogens is 3. The van der Waals surface area contributed by atoms with Gasteiger partial charge in [0, 0.05) is 16.6 Å².